The highest BCUT2D eigenvalue weighted by Gasteiger charge is 2.38. The van der Waals surface area contributed by atoms with E-state index < -0.39 is 17.7 Å². The first kappa shape index (κ1) is 27.9. The summed E-state index contributed by atoms with van der Waals surface area (Å²) in [5, 5.41) is 15.7. The van der Waals surface area contributed by atoms with Crippen LogP contribution in [0.4, 0.5) is 4.79 Å². The number of aliphatic imine (C=N–C) groups is 1. The summed E-state index contributed by atoms with van der Waals surface area (Å²) in [5.41, 5.74) is -0.888. The fourth-order valence-electron chi connectivity index (χ4n) is 4.18. The summed E-state index contributed by atoms with van der Waals surface area (Å²) in [7, 11) is 0. The largest absolute Gasteiger partial charge is 0.450 e. The summed E-state index contributed by atoms with van der Waals surface area (Å²) in [5.74, 6) is 0.426. The summed E-state index contributed by atoms with van der Waals surface area (Å²) in [6.45, 7) is 13.0. The van der Waals surface area contributed by atoms with Crippen LogP contribution in [0, 0.1) is 17.2 Å². The molecule has 0 aliphatic carbocycles. The van der Waals surface area contributed by atoms with Gasteiger partial charge in [-0.3, -0.25) is 10.1 Å². The van der Waals surface area contributed by atoms with E-state index in [1.165, 1.54) is 0 Å². The molecule has 0 saturated carbocycles. The molecule has 0 radical (unpaired) electrons. The molecule has 2 aliphatic rings. The second-order valence-corrected chi connectivity index (χ2v) is 9.41. The molecule has 10 nitrogen and oxygen atoms in total. The van der Waals surface area contributed by atoms with E-state index in [0.717, 1.165) is 32.5 Å². The number of morpholine rings is 1. The van der Waals surface area contributed by atoms with Crippen molar-refractivity contribution in [3.05, 3.63) is 0 Å². The molecule has 1 atom stereocenters. The zero-order valence-electron chi connectivity index (χ0n) is 21.3. The van der Waals surface area contributed by atoms with Crippen LogP contribution in [0.3, 0.4) is 0 Å². The maximum absolute atomic E-state index is 13.5. The van der Waals surface area contributed by atoms with Crippen LogP contribution < -0.4 is 10.6 Å². The first-order chi connectivity index (χ1) is 16.3. The predicted octanol–water partition coefficient (Wildman–Crippen LogP) is 2.11. The third-order valence-corrected chi connectivity index (χ3v) is 6.22. The van der Waals surface area contributed by atoms with Crippen LogP contribution in [-0.2, 0) is 14.3 Å². The van der Waals surface area contributed by atoms with Crippen LogP contribution in [0.15, 0.2) is 4.99 Å². The molecular formula is C24H42N6O4. The lowest BCUT2D eigenvalue weighted by atomic mass is 9.88. The van der Waals surface area contributed by atoms with Crippen LogP contribution in [-0.4, -0.2) is 91.9 Å². The number of nitriles is 1. The Bertz CT molecular complexity index is 721. The van der Waals surface area contributed by atoms with Crippen LogP contribution >= 0.6 is 0 Å². The molecule has 2 rings (SSSR count). The molecular weight excluding hydrogens is 436 g/mol. The Kier molecular flexibility index (Phi) is 11.6. The maximum atomic E-state index is 13.5. The number of hydrogen-bond donors (Lipinski definition) is 2. The Morgan fingerprint density at radius 3 is 2.38 bits per heavy atom. The highest BCUT2D eigenvalue weighted by atomic mass is 16.5. The topological polar surface area (TPSA) is 119 Å². The van der Waals surface area contributed by atoms with Gasteiger partial charge in [0, 0.05) is 26.2 Å². The third kappa shape index (κ3) is 8.76. The van der Waals surface area contributed by atoms with E-state index in [1.807, 2.05) is 4.90 Å². The average Bonchev–Trinajstić information content (AvgIpc) is 2.83. The number of alkyl carbamates (subject to hydrolysis) is 1. The molecule has 2 amide bonds. The number of amides is 2. The lowest BCUT2D eigenvalue weighted by Gasteiger charge is -2.38. The number of ether oxygens (including phenoxy) is 2. The van der Waals surface area contributed by atoms with Crippen LogP contribution in [0.2, 0.25) is 0 Å². The molecule has 0 aromatic carbocycles. The average molecular weight is 479 g/mol. The molecule has 2 fully saturated rings. The van der Waals surface area contributed by atoms with Crippen molar-refractivity contribution in [3.63, 3.8) is 0 Å². The lowest BCUT2D eigenvalue weighted by molar-refractivity contribution is -0.124. The van der Waals surface area contributed by atoms with Gasteiger partial charge in [0.15, 0.2) is 0 Å². The summed E-state index contributed by atoms with van der Waals surface area (Å²) >= 11 is 0. The summed E-state index contributed by atoms with van der Waals surface area (Å²) in [4.78, 5) is 34.6. The molecule has 2 N–H and O–H groups in total. The molecule has 0 unspecified atom stereocenters. The van der Waals surface area contributed by atoms with Gasteiger partial charge >= 0.3 is 6.09 Å². The van der Waals surface area contributed by atoms with Crippen molar-refractivity contribution in [3.8, 4) is 6.07 Å². The predicted molar refractivity (Wildman–Crippen MR) is 130 cm³/mol. The second-order valence-electron chi connectivity index (χ2n) is 9.41. The van der Waals surface area contributed by atoms with E-state index in [-0.39, 0.29) is 12.5 Å². The van der Waals surface area contributed by atoms with Crippen molar-refractivity contribution >= 4 is 18.0 Å². The fourth-order valence-corrected chi connectivity index (χ4v) is 4.18. The van der Waals surface area contributed by atoms with Crippen molar-refractivity contribution < 1.29 is 19.1 Å². The molecule has 2 heterocycles. The normalized spacial score (nSPS) is 19.9. The van der Waals surface area contributed by atoms with E-state index >= 15 is 0 Å². The number of carbonyl (C=O) groups is 2. The monoisotopic (exact) mass is 478 g/mol. The SMILES string of the molecule is CCCN1CCC(C#N)(NC(=O)[C@H](CCC(C)C)N=C(NC(=O)OCC)N2CCOCC2)CC1. The summed E-state index contributed by atoms with van der Waals surface area (Å²) < 4.78 is 10.5. The minimum absolute atomic E-state index is 0.235. The first-order valence-corrected chi connectivity index (χ1v) is 12.6. The van der Waals surface area contributed by atoms with E-state index in [9.17, 15) is 14.9 Å². The van der Waals surface area contributed by atoms with Crippen molar-refractivity contribution in [2.45, 2.75) is 71.4 Å². The lowest BCUT2D eigenvalue weighted by Crippen LogP contribution is -2.57. The van der Waals surface area contributed by atoms with E-state index in [4.69, 9.17) is 14.5 Å². The number of likely N-dealkylation sites (tertiary alicyclic amines) is 1. The van der Waals surface area contributed by atoms with Crippen LogP contribution in [0.5, 0.6) is 0 Å². The highest BCUT2D eigenvalue weighted by Crippen LogP contribution is 2.23. The van der Waals surface area contributed by atoms with Crippen molar-refractivity contribution in [1.29, 1.82) is 5.26 Å². The minimum Gasteiger partial charge on any atom is -0.450 e. The quantitative estimate of drug-likeness (QED) is 0.385. The number of carbonyl (C=O) groups excluding carboxylic acids is 2. The number of guanidine groups is 1. The van der Waals surface area contributed by atoms with E-state index in [2.05, 4.69) is 42.4 Å². The fraction of sp³-hybridized carbons (Fsp3) is 0.833. The van der Waals surface area contributed by atoms with Gasteiger partial charge in [0.05, 0.1) is 25.9 Å². The molecule has 0 spiro atoms. The van der Waals surface area contributed by atoms with Gasteiger partial charge in [-0.05, 0) is 51.5 Å². The highest BCUT2D eigenvalue weighted by molar-refractivity contribution is 5.96. The molecule has 192 valence electrons. The van der Waals surface area contributed by atoms with Gasteiger partial charge in [-0.2, -0.15) is 5.26 Å². The zero-order chi connectivity index (χ0) is 25.0. The smallest absolute Gasteiger partial charge is 0.413 e. The molecule has 0 bridgehead atoms. The molecule has 2 aliphatic heterocycles. The molecule has 34 heavy (non-hydrogen) atoms. The standard InChI is InChI=1S/C24H42N6O4/c1-5-11-29-12-9-24(18-25,10-13-29)28-21(31)20(8-7-19(3)4)26-22(27-23(32)34-6-2)30-14-16-33-17-15-30/h19-20H,5-17H2,1-4H3,(H,28,31)(H,26,27,32)/t20-/m0/s1. The Labute approximate surface area is 204 Å². The number of rotatable bonds is 9. The first-order valence-electron chi connectivity index (χ1n) is 12.6. The van der Waals surface area contributed by atoms with Gasteiger partial charge < -0.3 is 24.6 Å². The Hall–Kier alpha value is -2.38. The van der Waals surface area contributed by atoms with Gasteiger partial charge in [0.1, 0.15) is 11.6 Å². The third-order valence-electron chi connectivity index (χ3n) is 6.22. The van der Waals surface area contributed by atoms with Crippen LogP contribution in [0.25, 0.3) is 0 Å². The Balaban J connectivity index is 2.22. The van der Waals surface area contributed by atoms with Crippen molar-refractivity contribution in [2.24, 2.45) is 10.9 Å². The number of piperidine rings is 1. The van der Waals surface area contributed by atoms with E-state index in [1.54, 1.807) is 6.92 Å². The molecule has 10 heteroatoms. The Morgan fingerprint density at radius 1 is 1.15 bits per heavy atom. The molecule has 0 aromatic rings. The zero-order valence-corrected chi connectivity index (χ0v) is 21.3. The Morgan fingerprint density at radius 2 is 1.82 bits per heavy atom. The number of nitrogens with one attached hydrogen (secondary N) is 2. The molecule has 0 aromatic heterocycles. The summed E-state index contributed by atoms with van der Waals surface area (Å²) in [6, 6.07) is 1.65. The maximum Gasteiger partial charge on any atom is 0.413 e. The summed E-state index contributed by atoms with van der Waals surface area (Å²) in [6.07, 6.45) is 2.95. The number of nitrogens with zero attached hydrogens (tertiary/aromatic N) is 4. The molecule has 2 saturated heterocycles. The van der Waals surface area contributed by atoms with Crippen molar-refractivity contribution in [2.75, 3.05) is 52.5 Å². The van der Waals surface area contributed by atoms with Gasteiger partial charge in [-0.25, -0.2) is 9.79 Å². The number of hydrogen-bond acceptors (Lipinski definition) is 7. The van der Waals surface area contributed by atoms with Gasteiger partial charge in [-0.1, -0.05) is 20.8 Å². The van der Waals surface area contributed by atoms with E-state index in [0.29, 0.717) is 57.4 Å². The van der Waals surface area contributed by atoms with Crippen molar-refractivity contribution in [1.82, 2.24) is 20.4 Å². The van der Waals surface area contributed by atoms with Crippen LogP contribution in [0.1, 0.15) is 59.8 Å². The van der Waals surface area contributed by atoms with Gasteiger partial charge in [-0.15, -0.1) is 0 Å². The minimum atomic E-state index is -0.888. The van der Waals surface area contributed by atoms with Gasteiger partial charge in [0.25, 0.3) is 0 Å². The second kappa shape index (κ2) is 14.1. The van der Waals surface area contributed by atoms with Gasteiger partial charge in [0.2, 0.25) is 11.9 Å².